The Labute approximate surface area is 118 Å². The van der Waals surface area contributed by atoms with Gasteiger partial charge in [0.05, 0.1) is 6.10 Å². The molecule has 1 fully saturated rings. The molecule has 0 aliphatic carbocycles. The van der Waals surface area contributed by atoms with E-state index in [1.54, 1.807) is 29.2 Å². The molecule has 1 aromatic carbocycles. The van der Waals surface area contributed by atoms with Gasteiger partial charge in [-0.25, -0.2) is 0 Å². The first-order valence-electron chi connectivity index (χ1n) is 6.82. The zero-order valence-corrected chi connectivity index (χ0v) is 11.7. The van der Waals surface area contributed by atoms with Crippen LogP contribution in [0.3, 0.4) is 0 Å². The normalized spacial score (nSPS) is 16.7. The van der Waals surface area contributed by atoms with Crippen LogP contribution < -0.4 is 5.32 Å². The second kappa shape index (κ2) is 6.05. The van der Waals surface area contributed by atoms with E-state index in [-0.39, 0.29) is 17.7 Å². The quantitative estimate of drug-likeness (QED) is 0.848. The highest BCUT2D eigenvalue weighted by molar-refractivity contribution is 5.97. The lowest BCUT2D eigenvalue weighted by Gasteiger charge is -2.39. The van der Waals surface area contributed by atoms with Crippen LogP contribution in [0.15, 0.2) is 30.3 Å². The van der Waals surface area contributed by atoms with Crippen LogP contribution in [0.25, 0.3) is 0 Å². The van der Waals surface area contributed by atoms with Gasteiger partial charge in [0, 0.05) is 18.7 Å². The first-order chi connectivity index (χ1) is 9.49. The van der Waals surface area contributed by atoms with Crippen LogP contribution in [0.4, 0.5) is 0 Å². The van der Waals surface area contributed by atoms with Crippen LogP contribution in [0.1, 0.15) is 24.2 Å². The molecule has 20 heavy (non-hydrogen) atoms. The number of nitrogens with one attached hydrogen (secondary N) is 1. The molecule has 0 bridgehead atoms. The van der Waals surface area contributed by atoms with Crippen molar-refractivity contribution >= 4 is 11.8 Å². The number of carbonyl (C=O) groups excluding carboxylic acids is 2. The highest BCUT2D eigenvalue weighted by Crippen LogP contribution is 2.14. The lowest BCUT2D eigenvalue weighted by atomic mass is 10.00. The van der Waals surface area contributed by atoms with Crippen molar-refractivity contribution in [3.8, 4) is 0 Å². The lowest BCUT2D eigenvalue weighted by molar-refractivity contribution is -0.144. The van der Waals surface area contributed by atoms with Gasteiger partial charge in [-0.05, 0) is 18.1 Å². The monoisotopic (exact) mass is 276 g/mol. The molecule has 0 spiro atoms. The Hall–Kier alpha value is -1.88. The second-order valence-electron chi connectivity index (χ2n) is 5.46. The minimum absolute atomic E-state index is 0.00657. The van der Waals surface area contributed by atoms with Crippen molar-refractivity contribution in [2.75, 3.05) is 13.1 Å². The summed E-state index contributed by atoms with van der Waals surface area (Å²) in [6, 6.07) is 8.27. The summed E-state index contributed by atoms with van der Waals surface area (Å²) in [5.74, 6) is -0.388. The Morgan fingerprint density at radius 3 is 2.35 bits per heavy atom. The Kier molecular flexibility index (Phi) is 4.39. The molecule has 0 radical (unpaired) electrons. The summed E-state index contributed by atoms with van der Waals surface area (Å²) in [6.07, 6.45) is -0.434. The van der Waals surface area contributed by atoms with Gasteiger partial charge < -0.3 is 15.3 Å². The second-order valence-corrected chi connectivity index (χ2v) is 5.46. The van der Waals surface area contributed by atoms with Crippen molar-refractivity contribution in [1.82, 2.24) is 10.2 Å². The molecule has 2 amide bonds. The summed E-state index contributed by atoms with van der Waals surface area (Å²) in [7, 11) is 0. The molecule has 108 valence electrons. The van der Waals surface area contributed by atoms with Crippen LogP contribution in [0.2, 0.25) is 0 Å². The number of nitrogens with zero attached hydrogens (tertiary/aromatic N) is 1. The van der Waals surface area contributed by atoms with Gasteiger partial charge in [-0.2, -0.15) is 0 Å². The standard InChI is InChI=1S/C15H20N2O3/c1-10(2)13(15(20)17-8-12(18)9-17)16-14(19)11-6-4-3-5-7-11/h3-7,10,12-13,18H,8-9H2,1-2H3,(H,16,19). The van der Waals surface area contributed by atoms with Crippen LogP contribution in [0, 0.1) is 5.92 Å². The summed E-state index contributed by atoms with van der Waals surface area (Å²) in [6.45, 7) is 4.49. The van der Waals surface area contributed by atoms with E-state index in [9.17, 15) is 14.7 Å². The number of amides is 2. The number of likely N-dealkylation sites (tertiary alicyclic amines) is 1. The van der Waals surface area contributed by atoms with E-state index in [0.717, 1.165) is 0 Å². The predicted molar refractivity (Wildman–Crippen MR) is 75.1 cm³/mol. The Morgan fingerprint density at radius 1 is 1.25 bits per heavy atom. The SMILES string of the molecule is CC(C)C(NC(=O)c1ccccc1)C(=O)N1CC(O)C1. The minimum Gasteiger partial charge on any atom is -0.389 e. The summed E-state index contributed by atoms with van der Waals surface area (Å²) in [5.41, 5.74) is 0.537. The number of benzene rings is 1. The number of β-amino-alcohol motifs (C(OH)–C–C–N with tert-alkyl or cyclic N) is 1. The zero-order chi connectivity index (χ0) is 14.7. The zero-order valence-electron chi connectivity index (χ0n) is 11.7. The molecule has 1 aliphatic heterocycles. The minimum atomic E-state index is -0.560. The van der Waals surface area contributed by atoms with Gasteiger partial charge in [-0.15, -0.1) is 0 Å². The molecule has 5 heteroatoms. The molecular formula is C15H20N2O3. The lowest BCUT2D eigenvalue weighted by Crippen LogP contribution is -2.60. The molecule has 0 saturated carbocycles. The predicted octanol–water partition coefficient (Wildman–Crippen LogP) is 0.644. The number of hydrogen-bond donors (Lipinski definition) is 2. The van der Waals surface area contributed by atoms with Crippen molar-refractivity contribution in [3.63, 3.8) is 0 Å². The van der Waals surface area contributed by atoms with Crippen LogP contribution in [-0.2, 0) is 4.79 Å². The summed E-state index contributed by atoms with van der Waals surface area (Å²) < 4.78 is 0. The van der Waals surface area contributed by atoms with Crippen molar-refractivity contribution in [2.24, 2.45) is 5.92 Å². The maximum Gasteiger partial charge on any atom is 0.251 e. The van der Waals surface area contributed by atoms with Gasteiger partial charge >= 0.3 is 0 Å². The number of carbonyl (C=O) groups is 2. The third kappa shape index (κ3) is 3.17. The molecule has 2 rings (SSSR count). The number of rotatable bonds is 4. The molecular weight excluding hydrogens is 256 g/mol. The molecule has 1 heterocycles. The van der Waals surface area contributed by atoms with E-state index in [4.69, 9.17) is 0 Å². The van der Waals surface area contributed by atoms with Crippen molar-refractivity contribution in [1.29, 1.82) is 0 Å². The van der Waals surface area contributed by atoms with Gasteiger partial charge in [-0.1, -0.05) is 32.0 Å². The van der Waals surface area contributed by atoms with Crippen LogP contribution in [0.5, 0.6) is 0 Å². The topological polar surface area (TPSA) is 69.6 Å². The smallest absolute Gasteiger partial charge is 0.251 e. The van der Waals surface area contributed by atoms with Crippen LogP contribution >= 0.6 is 0 Å². The Balaban J connectivity index is 2.02. The average molecular weight is 276 g/mol. The van der Waals surface area contributed by atoms with Gasteiger partial charge in [0.2, 0.25) is 5.91 Å². The number of hydrogen-bond acceptors (Lipinski definition) is 3. The largest absolute Gasteiger partial charge is 0.389 e. The molecule has 1 atom stereocenters. The van der Waals surface area contributed by atoms with E-state index < -0.39 is 12.1 Å². The van der Waals surface area contributed by atoms with E-state index in [1.807, 2.05) is 19.9 Å². The molecule has 1 saturated heterocycles. The fourth-order valence-corrected chi connectivity index (χ4v) is 2.16. The van der Waals surface area contributed by atoms with E-state index in [0.29, 0.717) is 18.7 Å². The molecule has 5 nitrogen and oxygen atoms in total. The van der Waals surface area contributed by atoms with E-state index in [2.05, 4.69) is 5.32 Å². The van der Waals surface area contributed by atoms with Crippen LogP contribution in [-0.4, -0.2) is 47.1 Å². The van der Waals surface area contributed by atoms with Gasteiger partial charge in [0.15, 0.2) is 0 Å². The number of aliphatic hydroxyl groups is 1. The summed E-state index contributed by atoms with van der Waals surface area (Å²) in [5, 5.41) is 12.1. The van der Waals surface area contributed by atoms with Gasteiger partial charge in [0.25, 0.3) is 5.91 Å². The molecule has 0 aromatic heterocycles. The van der Waals surface area contributed by atoms with Crippen molar-refractivity contribution in [2.45, 2.75) is 26.0 Å². The fourth-order valence-electron chi connectivity index (χ4n) is 2.16. The summed E-state index contributed by atoms with van der Waals surface area (Å²) in [4.78, 5) is 26.0. The third-order valence-electron chi connectivity index (χ3n) is 3.43. The molecule has 1 aromatic rings. The number of aliphatic hydroxyl groups excluding tert-OH is 1. The first kappa shape index (κ1) is 14.5. The highest BCUT2D eigenvalue weighted by atomic mass is 16.3. The Morgan fingerprint density at radius 2 is 1.85 bits per heavy atom. The fraction of sp³-hybridized carbons (Fsp3) is 0.467. The maximum atomic E-state index is 12.3. The third-order valence-corrected chi connectivity index (χ3v) is 3.43. The first-order valence-corrected chi connectivity index (χ1v) is 6.82. The Bertz CT molecular complexity index is 481. The van der Waals surface area contributed by atoms with Gasteiger partial charge in [-0.3, -0.25) is 9.59 Å². The molecule has 1 aliphatic rings. The van der Waals surface area contributed by atoms with E-state index in [1.165, 1.54) is 0 Å². The molecule has 2 N–H and O–H groups in total. The average Bonchev–Trinajstić information content (AvgIpc) is 2.41. The maximum absolute atomic E-state index is 12.3. The van der Waals surface area contributed by atoms with Crippen molar-refractivity contribution in [3.05, 3.63) is 35.9 Å². The molecule has 1 unspecified atom stereocenters. The van der Waals surface area contributed by atoms with E-state index >= 15 is 0 Å². The highest BCUT2D eigenvalue weighted by Gasteiger charge is 2.35. The van der Waals surface area contributed by atoms with Gasteiger partial charge in [0.1, 0.15) is 6.04 Å². The summed E-state index contributed by atoms with van der Waals surface area (Å²) >= 11 is 0. The van der Waals surface area contributed by atoms with Crippen molar-refractivity contribution < 1.29 is 14.7 Å².